The van der Waals surface area contributed by atoms with E-state index in [9.17, 15) is 0 Å². The highest BCUT2D eigenvalue weighted by molar-refractivity contribution is 8.03. The molecule has 0 aromatic rings. The number of nitrogens with zero attached hydrogens (tertiary/aromatic N) is 1. The molecule has 1 rings (SSSR count). The Morgan fingerprint density at radius 3 is 3.00 bits per heavy atom. The summed E-state index contributed by atoms with van der Waals surface area (Å²) in [6, 6.07) is 0. The van der Waals surface area contributed by atoms with Crippen LogP contribution in [-0.2, 0) is 4.74 Å². The van der Waals surface area contributed by atoms with Crippen LogP contribution in [0.25, 0.3) is 0 Å². The maximum atomic E-state index is 5.90. The van der Waals surface area contributed by atoms with Gasteiger partial charge in [-0.25, -0.2) is 5.01 Å². The summed E-state index contributed by atoms with van der Waals surface area (Å²) < 4.78 is 5.52. The second kappa shape index (κ2) is 9.59. The summed E-state index contributed by atoms with van der Waals surface area (Å²) in [6.45, 7) is 11.9. The smallest absolute Gasteiger partial charge is 0.0466 e. The quantitative estimate of drug-likeness (QED) is 0.400. The lowest BCUT2D eigenvalue weighted by Crippen LogP contribution is -2.36. The molecular weight excluding hydrogens is 256 g/mol. The van der Waals surface area contributed by atoms with Crippen molar-refractivity contribution < 1.29 is 4.74 Å². The van der Waals surface area contributed by atoms with E-state index in [4.69, 9.17) is 10.6 Å². The first-order valence-electron chi connectivity index (χ1n) is 7.22. The molecule has 110 valence electrons. The first-order valence-corrected chi connectivity index (χ1v) is 8.10. The van der Waals surface area contributed by atoms with Gasteiger partial charge in [0.2, 0.25) is 0 Å². The van der Waals surface area contributed by atoms with Crippen molar-refractivity contribution in [3.8, 4) is 0 Å². The molecular formula is C15H28N2OS. The highest BCUT2D eigenvalue weighted by Gasteiger charge is 2.17. The summed E-state index contributed by atoms with van der Waals surface area (Å²) in [6.07, 6.45) is 6.46. The molecule has 0 saturated carbocycles. The molecule has 0 aromatic carbocycles. The Bertz CT molecular complexity index is 305. The Kier molecular flexibility index (Phi) is 8.46. The van der Waals surface area contributed by atoms with Gasteiger partial charge in [0.25, 0.3) is 0 Å². The van der Waals surface area contributed by atoms with E-state index < -0.39 is 0 Å². The fraction of sp³-hybridized carbons (Fsp3) is 0.733. The lowest BCUT2D eigenvalue weighted by atomic mass is 10.1. The average Bonchev–Trinajstić information content (AvgIpc) is 2.41. The molecule has 19 heavy (non-hydrogen) atoms. The topological polar surface area (TPSA) is 38.5 Å². The van der Waals surface area contributed by atoms with E-state index in [0.717, 1.165) is 52.0 Å². The van der Waals surface area contributed by atoms with Crippen molar-refractivity contribution in [2.24, 2.45) is 5.84 Å². The molecule has 3 nitrogen and oxygen atoms in total. The van der Waals surface area contributed by atoms with Gasteiger partial charge in [0.15, 0.2) is 0 Å². The molecule has 1 atom stereocenters. The van der Waals surface area contributed by atoms with Crippen molar-refractivity contribution in [1.29, 1.82) is 0 Å². The molecule has 1 aliphatic heterocycles. The van der Waals surface area contributed by atoms with E-state index in [1.807, 2.05) is 16.8 Å². The minimum Gasteiger partial charge on any atom is -0.381 e. The van der Waals surface area contributed by atoms with Crippen LogP contribution in [0.5, 0.6) is 0 Å². The van der Waals surface area contributed by atoms with Crippen molar-refractivity contribution in [2.75, 3.05) is 26.3 Å². The molecule has 0 amide bonds. The number of hydrogen-bond donors (Lipinski definition) is 1. The molecule has 0 spiro atoms. The van der Waals surface area contributed by atoms with E-state index in [2.05, 4.69) is 26.5 Å². The minimum absolute atomic E-state index is 0.474. The first kappa shape index (κ1) is 16.8. The van der Waals surface area contributed by atoms with Crippen LogP contribution in [-0.4, -0.2) is 36.6 Å². The predicted octanol–water partition coefficient (Wildman–Crippen LogP) is 3.33. The Hall–Kier alpha value is -0.290. The third-order valence-electron chi connectivity index (χ3n) is 3.28. The van der Waals surface area contributed by atoms with Crippen LogP contribution < -0.4 is 5.84 Å². The summed E-state index contributed by atoms with van der Waals surface area (Å²) in [5.74, 6) is 5.90. The standard InChI is InChI=1S/C15H28N2OS/c1-4-10-18-11-6-7-14(5-2)19-15-12-17(16)9-8-13(15)3/h5,14H,2,4,6-12,16H2,1,3H3. The van der Waals surface area contributed by atoms with Crippen LogP contribution in [0.2, 0.25) is 0 Å². The van der Waals surface area contributed by atoms with Gasteiger partial charge in [-0.1, -0.05) is 18.6 Å². The number of rotatable bonds is 9. The second-order valence-corrected chi connectivity index (χ2v) is 6.40. The minimum atomic E-state index is 0.474. The Morgan fingerprint density at radius 2 is 2.32 bits per heavy atom. The molecule has 0 saturated heterocycles. The van der Waals surface area contributed by atoms with Gasteiger partial charge in [-0.2, -0.15) is 0 Å². The molecule has 0 fully saturated rings. The largest absolute Gasteiger partial charge is 0.381 e. The van der Waals surface area contributed by atoms with Crippen molar-refractivity contribution in [1.82, 2.24) is 5.01 Å². The number of hydrazine groups is 1. The normalized spacial score (nSPS) is 18.7. The van der Waals surface area contributed by atoms with Crippen LogP contribution in [0.3, 0.4) is 0 Å². The summed E-state index contributed by atoms with van der Waals surface area (Å²) in [7, 11) is 0. The molecule has 4 heteroatoms. The third-order valence-corrected chi connectivity index (χ3v) is 4.77. The van der Waals surface area contributed by atoms with Crippen molar-refractivity contribution in [3.63, 3.8) is 0 Å². The summed E-state index contributed by atoms with van der Waals surface area (Å²) >= 11 is 1.93. The van der Waals surface area contributed by atoms with Crippen LogP contribution in [0.1, 0.15) is 39.5 Å². The first-order chi connectivity index (χ1) is 9.17. The highest BCUT2D eigenvalue weighted by Crippen LogP contribution is 2.31. The van der Waals surface area contributed by atoms with Crippen LogP contribution in [0.15, 0.2) is 23.1 Å². The van der Waals surface area contributed by atoms with Crippen molar-refractivity contribution >= 4 is 11.8 Å². The van der Waals surface area contributed by atoms with E-state index in [1.54, 1.807) is 0 Å². The molecule has 0 bridgehead atoms. The SMILES string of the molecule is C=CC(CCCOCCC)SC1=C(C)CCN(N)C1. The van der Waals surface area contributed by atoms with E-state index in [0.29, 0.717) is 5.25 Å². The van der Waals surface area contributed by atoms with E-state index >= 15 is 0 Å². The van der Waals surface area contributed by atoms with E-state index in [1.165, 1.54) is 10.5 Å². The molecule has 2 N–H and O–H groups in total. The third kappa shape index (κ3) is 6.61. The van der Waals surface area contributed by atoms with Crippen LogP contribution in [0, 0.1) is 0 Å². The van der Waals surface area contributed by atoms with Gasteiger partial charge in [0, 0.05) is 31.6 Å². The van der Waals surface area contributed by atoms with Gasteiger partial charge in [0.05, 0.1) is 0 Å². The van der Waals surface area contributed by atoms with Gasteiger partial charge in [-0.15, -0.1) is 18.3 Å². The number of hydrogen-bond acceptors (Lipinski definition) is 4. The number of nitrogens with two attached hydrogens (primary N) is 1. The predicted molar refractivity (Wildman–Crippen MR) is 85.0 cm³/mol. The fourth-order valence-corrected chi connectivity index (χ4v) is 3.32. The highest BCUT2D eigenvalue weighted by atomic mass is 32.2. The lowest BCUT2D eigenvalue weighted by Gasteiger charge is -2.27. The molecule has 0 radical (unpaired) electrons. The molecule has 1 aliphatic rings. The maximum Gasteiger partial charge on any atom is 0.0466 e. The number of ether oxygens (including phenoxy) is 1. The van der Waals surface area contributed by atoms with Gasteiger partial charge in [-0.05, 0) is 37.5 Å². The zero-order valence-electron chi connectivity index (χ0n) is 12.4. The van der Waals surface area contributed by atoms with E-state index in [-0.39, 0.29) is 0 Å². The zero-order valence-corrected chi connectivity index (χ0v) is 13.2. The maximum absolute atomic E-state index is 5.90. The van der Waals surface area contributed by atoms with Gasteiger partial charge >= 0.3 is 0 Å². The Labute approximate surface area is 122 Å². The number of thioether (sulfide) groups is 1. The zero-order chi connectivity index (χ0) is 14.1. The molecule has 1 heterocycles. The van der Waals surface area contributed by atoms with Crippen molar-refractivity contribution in [3.05, 3.63) is 23.1 Å². The van der Waals surface area contributed by atoms with Crippen LogP contribution >= 0.6 is 11.8 Å². The molecule has 1 unspecified atom stereocenters. The van der Waals surface area contributed by atoms with Crippen molar-refractivity contribution in [2.45, 2.75) is 44.8 Å². The summed E-state index contributed by atoms with van der Waals surface area (Å²) in [5.41, 5.74) is 1.49. The Morgan fingerprint density at radius 1 is 1.53 bits per heavy atom. The summed E-state index contributed by atoms with van der Waals surface area (Å²) in [4.78, 5) is 1.42. The second-order valence-electron chi connectivity index (χ2n) is 5.07. The van der Waals surface area contributed by atoms with Gasteiger partial charge in [0.1, 0.15) is 0 Å². The fourth-order valence-electron chi connectivity index (χ4n) is 2.03. The van der Waals surface area contributed by atoms with Crippen LogP contribution in [0.4, 0.5) is 0 Å². The van der Waals surface area contributed by atoms with Gasteiger partial charge < -0.3 is 4.74 Å². The average molecular weight is 284 g/mol. The lowest BCUT2D eigenvalue weighted by molar-refractivity contribution is 0.131. The Balaban J connectivity index is 2.33. The molecule has 0 aromatic heterocycles. The van der Waals surface area contributed by atoms with Gasteiger partial charge in [-0.3, -0.25) is 5.84 Å². The monoisotopic (exact) mass is 284 g/mol. The molecule has 0 aliphatic carbocycles. The summed E-state index contributed by atoms with van der Waals surface area (Å²) in [5, 5.41) is 2.38.